The van der Waals surface area contributed by atoms with Crippen molar-refractivity contribution in [2.24, 2.45) is 4.99 Å². The summed E-state index contributed by atoms with van der Waals surface area (Å²) in [6.07, 6.45) is -0.526. The van der Waals surface area contributed by atoms with Crippen LogP contribution in [0.5, 0.6) is 0 Å². The van der Waals surface area contributed by atoms with Gasteiger partial charge in [-0.2, -0.15) is 0 Å². The van der Waals surface area contributed by atoms with Crippen molar-refractivity contribution in [2.75, 3.05) is 5.75 Å². The molecule has 0 saturated heterocycles. The van der Waals surface area contributed by atoms with Gasteiger partial charge in [-0.1, -0.05) is 6.92 Å². The van der Waals surface area contributed by atoms with E-state index >= 15 is 0 Å². The minimum absolute atomic E-state index is 0.526. The third-order valence-electron chi connectivity index (χ3n) is 0.938. The minimum atomic E-state index is -1.14. The lowest BCUT2D eigenvalue weighted by molar-refractivity contribution is -0.139. The fourth-order valence-electron chi connectivity index (χ4n) is 0.586. The summed E-state index contributed by atoms with van der Waals surface area (Å²) >= 11 is 1.42. The van der Waals surface area contributed by atoms with Crippen LogP contribution in [0.1, 0.15) is 20.3 Å². The lowest BCUT2D eigenvalue weighted by Gasteiger charge is -1.94. The summed E-state index contributed by atoms with van der Waals surface area (Å²) in [6.45, 7) is 3.62. The Balaban J connectivity index is 3.96. The minimum Gasteiger partial charge on any atom is -0.481 e. The maximum absolute atomic E-state index is 10.8. The van der Waals surface area contributed by atoms with Gasteiger partial charge in [-0.3, -0.25) is 9.59 Å². The maximum atomic E-state index is 10.8. The molecule has 68 valence electrons. The van der Waals surface area contributed by atoms with E-state index in [1.165, 1.54) is 11.8 Å². The zero-order valence-corrected chi connectivity index (χ0v) is 7.85. The SMILES string of the molecule is CCSC(C)=NC(=O)CC(=O)O. The number of thioether (sulfide) groups is 1. The highest BCUT2D eigenvalue weighted by Crippen LogP contribution is 2.02. The van der Waals surface area contributed by atoms with Crippen molar-refractivity contribution in [1.82, 2.24) is 0 Å². The summed E-state index contributed by atoms with van der Waals surface area (Å²) in [5.74, 6) is -0.908. The van der Waals surface area contributed by atoms with Crippen LogP contribution in [-0.4, -0.2) is 27.8 Å². The van der Waals surface area contributed by atoms with Crippen LogP contribution in [-0.2, 0) is 9.59 Å². The molecule has 0 unspecified atom stereocenters. The molecule has 0 aromatic carbocycles. The van der Waals surface area contributed by atoms with E-state index in [4.69, 9.17) is 5.11 Å². The van der Waals surface area contributed by atoms with Gasteiger partial charge in [-0.25, -0.2) is 4.99 Å². The number of aliphatic imine (C=N–C) groups is 1. The summed E-state index contributed by atoms with van der Waals surface area (Å²) in [5.41, 5.74) is 0. The molecule has 0 radical (unpaired) electrons. The third kappa shape index (κ3) is 5.91. The van der Waals surface area contributed by atoms with Gasteiger partial charge in [-0.15, -0.1) is 11.8 Å². The molecule has 0 aliphatic carbocycles. The van der Waals surface area contributed by atoms with Crippen molar-refractivity contribution in [1.29, 1.82) is 0 Å². The summed E-state index contributed by atoms with van der Waals surface area (Å²) < 4.78 is 0. The Bertz CT molecular complexity index is 213. The lowest BCUT2D eigenvalue weighted by atomic mass is 10.4. The highest BCUT2D eigenvalue weighted by Gasteiger charge is 2.05. The number of carbonyl (C=O) groups excluding carboxylic acids is 1. The Morgan fingerprint density at radius 3 is 2.50 bits per heavy atom. The molecule has 0 spiro atoms. The van der Waals surface area contributed by atoms with Gasteiger partial charge in [0.1, 0.15) is 6.42 Å². The van der Waals surface area contributed by atoms with Crippen molar-refractivity contribution >= 4 is 28.7 Å². The molecule has 0 saturated carbocycles. The van der Waals surface area contributed by atoms with E-state index in [1.54, 1.807) is 6.92 Å². The first kappa shape index (κ1) is 11.2. The van der Waals surface area contributed by atoms with Crippen LogP contribution in [0.4, 0.5) is 0 Å². The molecular formula is C7H11NO3S. The van der Waals surface area contributed by atoms with E-state index in [0.29, 0.717) is 5.04 Å². The van der Waals surface area contributed by atoms with Gasteiger partial charge in [0.2, 0.25) is 0 Å². The standard InChI is InChI=1S/C7H11NO3S/c1-3-12-5(2)8-6(9)4-7(10)11/h3-4H2,1-2H3,(H,10,11). The molecule has 0 heterocycles. The number of hydrogen-bond acceptors (Lipinski definition) is 3. The summed E-state index contributed by atoms with van der Waals surface area (Å²) in [5, 5.41) is 8.84. The van der Waals surface area contributed by atoms with Crippen molar-refractivity contribution in [3.63, 3.8) is 0 Å². The van der Waals surface area contributed by atoms with E-state index in [2.05, 4.69) is 4.99 Å². The molecule has 0 aliphatic heterocycles. The Kier molecular flexibility index (Phi) is 5.36. The zero-order chi connectivity index (χ0) is 9.56. The summed E-state index contributed by atoms with van der Waals surface area (Å²) in [4.78, 5) is 24.4. The van der Waals surface area contributed by atoms with Crippen LogP contribution in [0.2, 0.25) is 0 Å². The fraction of sp³-hybridized carbons (Fsp3) is 0.571. The quantitative estimate of drug-likeness (QED) is 0.411. The molecule has 12 heavy (non-hydrogen) atoms. The maximum Gasteiger partial charge on any atom is 0.312 e. The summed E-state index contributed by atoms with van der Waals surface area (Å²) in [7, 11) is 0. The van der Waals surface area contributed by atoms with Crippen molar-refractivity contribution in [3.8, 4) is 0 Å². The fourth-order valence-corrected chi connectivity index (χ4v) is 1.17. The van der Waals surface area contributed by atoms with Gasteiger partial charge in [0.25, 0.3) is 5.91 Å². The number of carboxylic acid groups (broad SMARTS) is 1. The van der Waals surface area contributed by atoms with Crippen LogP contribution >= 0.6 is 11.8 Å². The molecule has 0 aliphatic rings. The first-order chi connectivity index (χ1) is 5.56. The molecule has 0 aromatic heterocycles. The van der Waals surface area contributed by atoms with Crippen molar-refractivity contribution in [2.45, 2.75) is 20.3 Å². The van der Waals surface area contributed by atoms with Crippen LogP contribution in [0.25, 0.3) is 0 Å². The van der Waals surface area contributed by atoms with Crippen LogP contribution < -0.4 is 0 Å². The number of rotatable bonds is 3. The van der Waals surface area contributed by atoms with Crippen molar-refractivity contribution in [3.05, 3.63) is 0 Å². The topological polar surface area (TPSA) is 66.7 Å². The molecule has 0 fully saturated rings. The van der Waals surface area contributed by atoms with Crippen LogP contribution in [0.15, 0.2) is 4.99 Å². The number of carboxylic acids is 1. The Labute approximate surface area is 75.1 Å². The average Bonchev–Trinajstić information content (AvgIpc) is 1.84. The largest absolute Gasteiger partial charge is 0.481 e. The number of hydrogen-bond donors (Lipinski definition) is 1. The van der Waals surface area contributed by atoms with Gasteiger partial charge < -0.3 is 5.11 Å². The second-order valence-electron chi connectivity index (χ2n) is 2.03. The highest BCUT2D eigenvalue weighted by molar-refractivity contribution is 8.13. The molecule has 0 rings (SSSR count). The number of amides is 1. The van der Waals surface area contributed by atoms with Gasteiger partial charge in [-0.05, 0) is 12.7 Å². The predicted octanol–water partition coefficient (Wildman–Crippen LogP) is 1.16. The molecule has 4 nitrogen and oxygen atoms in total. The molecular weight excluding hydrogens is 178 g/mol. The van der Waals surface area contributed by atoms with Gasteiger partial charge in [0.15, 0.2) is 0 Å². The number of nitrogens with zero attached hydrogens (tertiary/aromatic N) is 1. The lowest BCUT2D eigenvalue weighted by Crippen LogP contribution is -2.05. The second-order valence-corrected chi connectivity index (χ2v) is 3.48. The van der Waals surface area contributed by atoms with Gasteiger partial charge in [0, 0.05) is 0 Å². The molecule has 5 heteroatoms. The monoisotopic (exact) mass is 189 g/mol. The highest BCUT2D eigenvalue weighted by atomic mass is 32.2. The predicted molar refractivity (Wildman–Crippen MR) is 48.5 cm³/mol. The molecule has 0 bridgehead atoms. The molecule has 1 amide bonds. The normalized spacial score (nSPS) is 11.3. The Morgan fingerprint density at radius 1 is 1.50 bits per heavy atom. The summed E-state index contributed by atoms with van der Waals surface area (Å²) in [6, 6.07) is 0. The molecule has 1 N–H and O–H groups in total. The van der Waals surface area contributed by atoms with Gasteiger partial charge >= 0.3 is 5.97 Å². The van der Waals surface area contributed by atoms with Crippen molar-refractivity contribution < 1.29 is 14.7 Å². The van der Waals surface area contributed by atoms with E-state index in [-0.39, 0.29) is 0 Å². The first-order valence-corrected chi connectivity index (χ1v) is 4.47. The number of carbonyl (C=O) groups is 2. The Hall–Kier alpha value is -0.840. The van der Waals surface area contributed by atoms with Crippen LogP contribution in [0.3, 0.4) is 0 Å². The van der Waals surface area contributed by atoms with E-state index in [0.717, 1.165) is 5.75 Å². The molecule has 0 atom stereocenters. The smallest absolute Gasteiger partial charge is 0.312 e. The second kappa shape index (κ2) is 5.77. The first-order valence-electron chi connectivity index (χ1n) is 3.49. The average molecular weight is 189 g/mol. The van der Waals surface area contributed by atoms with E-state index < -0.39 is 18.3 Å². The van der Waals surface area contributed by atoms with Crippen LogP contribution in [0, 0.1) is 0 Å². The van der Waals surface area contributed by atoms with E-state index in [1.807, 2.05) is 6.92 Å². The zero-order valence-electron chi connectivity index (χ0n) is 7.03. The molecule has 0 aromatic rings. The third-order valence-corrected chi connectivity index (χ3v) is 1.74. The van der Waals surface area contributed by atoms with E-state index in [9.17, 15) is 9.59 Å². The van der Waals surface area contributed by atoms with Gasteiger partial charge in [0.05, 0.1) is 5.04 Å². The Morgan fingerprint density at radius 2 is 2.08 bits per heavy atom. The number of aliphatic carboxylic acids is 1.